The van der Waals surface area contributed by atoms with E-state index in [2.05, 4.69) is 19.9 Å². The number of hydrogen-bond acceptors (Lipinski definition) is 12. The predicted molar refractivity (Wildman–Crippen MR) is 198 cm³/mol. The molecule has 19 heteroatoms. The first kappa shape index (κ1) is 63.0. The second-order valence-corrected chi connectivity index (χ2v) is 10.6. The van der Waals surface area contributed by atoms with Crippen molar-refractivity contribution in [3.05, 3.63) is 97.6 Å². The van der Waals surface area contributed by atoms with Gasteiger partial charge in [0, 0.05) is 81.2 Å². The molecule has 0 aromatic carbocycles. The first-order chi connectivity index (χ1) is 22.7. The van der Waals surface area contributed by atoms with Gasteiger partial charge in [0.05, 0.1) is 0 Å². The minimum absolute atomic E-state index is 0. The van der Waals surface area contributed by atoms with Crippen molar-refractivity contribution in [1.82, 2.24) is 39.5 Å². The number of pyridine rings is 4. The van der Waals surface area contributed by atoms with Crippen molar-refractivity contribution >= 4 is 76.2 Å². The Balaban J connectivity index is -0.0000000866. The summed E-state index contributed by atoms with van der Waals surface area (Å²) in [6.45, 7) is 0. The summed E-state index contributed by atoms with van der Waals surface area (Å²) >= 11 is 18.8. The van der Waals surface area contributed by atoms with Crippen LogP contribution >= 0.6 is 0 Å². The van der Waals surface area contributed by atoms with Gasteiger partial charge in [-0.15, -0.1) is 0 Å². The summed E-state index contributed by atoms with van der Waals surface area (Å²) in [6.07, 6.45) is 9.73. The molecular formula is C32H44ClCrN8O4PtS4. The smallest absolute Gasteiger partial charge is 1.00 e. The van der Waals surface area contributed by atoms with Gasteiger partial charge in [-0.3, -0.25) is 39.1 Å². The third kappa shape index (κ3) is 69.4. The number of rotatable bonds is 4. The SMILES string of the molecule is CN(C)C=O.CN(C)C=O.CN(C)C=O.CN(C)C=O.[Cl-].[Cr+3].[Pt+2].[S-]c1ccccn1.[S-]c1ccccn1.[S-]c1ccccn1.[S-]c1ccccn1. The Labute approximate surface area is 357 Å². The van der Waals surface area contributed by atoms with Crippen LogP contribution < -0.4 is 12.4 Å². The summed E-state index contributed by atoms with van der Waals surface area (Å²) in [5, 5.41) is 2.62. The summed E-state index contributed by atoms with van der Waals surface area (Å²) in [5.41, 5.74) is 0. The topological polar surface area (TPSA) is 133 Å². The summed E-state index contributed by atoms with van der Waals surface area (Å²) in [6, 6.07) is 22.0. The molecule has 4 amide bonds. The predicted octanol–water partition coefficient (Wildman–Crippen LogP) is -0.234. The molecule has 1 radical (unpaired) electrons. The fourth-order valence-electron chi connectivity index (χ4n) is 1.39. The molecule has 4 rings (SSSR count). The third-order valence-electron chi connectivity index (χ3n) is 3.39. The van der Waals surface area contributed by atoms with Crippen LogP contribution in [-0.2, 0) is 108 Å². The number of amides is 4. The number of aromatic nitrogens is 4. The molecule has 0 spiro atoms. The molecule has 0 unspecified atom stereocenters. The summed E-state index contributed by atoms with van der Waals surface area (Å²) in [4.78, 5) is 58.7. The molecule has 4 aromatic rings. The van der Waals surface area contributed by atoms with Gasteiger partial charge in [0.15, 0.2) is 0 Å². The van der Waals surface area contributed by atoms with Crippen molar-refractivity contribution in [1.29, 1.82) is 0 Å². The van der Waals surface area contributed by atoms with Crippen LogP contribution in [0.2, 0.25) is 0 Å². The van der Waals surface area contributed by atoms with Gasteiger partial charge in [-0.25, -0.2) is 0 Å². The Kier molecular flexibility index (Phi) is 60.5. The van der Waals surface area contributed by atoms with Gasteiger partial charge >= 0.3 is 38.4 Å². The second kappa shape index (κ2) is 49.0. The molecule has 0 saturated heterocycles. The van der Waals surface area contributed by atoms with Crippen molar-refractivity contribution in [2.75, 3.05) is 56.4 Å². The van der Waals surface area contributed by atoms with Gasteiger partial charge in [0.25, 0.3) is 0 Å². The van der Waals surface area contributed by atoms with E-state index < -0.39 is 0 Å². The molecule has 0 atom stereocenters. The zero-order valence-electron chi connectivity index (χ0n) is 29.5. The van der Waals surface area contributed by atoms with Gasteiger partial charge in [0.1, 0.15) is 0 Å². The Morgan fingerprint density at radius 1 is 0.412 bits per heavy atom. The summed E-state index contributed by atoms with van der Waals surface area (Å²) in [5.74, 6) is 0. The van der Waals surface area contributed by atoms with E-state index in [1.54, 1.807) is 105 Å². The van der Waals surface area contributed by atoms with E-state index in [0.717, 1.165) is 25.6 Å². The van der Waals surface area contributed by atoms with E-state index in [-0.39, 0.29) is 50.8 Å². The molecule has 51 heavy (non-hydrogen) atoms. The average molecular weight is 1020 g/mol. The maximum Gasteiger partial charge on any atom is 3.00 e. The number of nitrogens with zero attached hydrogens (tertiary/aromatic N) is 8. The minimum Gasteiger partial charge on any atom is -1.00 e. The van der Waals surface area contributed by atoms with E-state index in [1.807, 2.05) is 48.5 Å². The zero-order valence-corrected chi connectivity index (χ0v) is 37.1. The van der Waals surface area contributed by atoms with E-state index in [4.69, 9.17) is 50.5 Å². The van der Waals surface area contributed by atoms with Crippen molar-refractivity contribution < 1.29 is 70.0 Å². The number of carbonyl (C=O) groups is 4. The van der Waals surface area contributed by atoms with Gasteiger partial charge in [-0.05, 0) is 24.3 Å². The van der Waals surface area contributed by atoms with Crippen LogP contribution in [0, 0.1) is 0 Å². The molecular weight excluding hydrogens is 971 g/mol. The van der Waals surface area contributed by atoms with Crippen molar-refractivity contribution in [3.8, 4) is 0 Å². The van der Waals surface area contributed by atoms with Crippen LogP contribution in [0.1, 0.15) is 0 Å². The molecule has 0 saturated carbocycles. The van der Waals surface area contributed by atoms with Crippen LogP contribution in [0.5, 0.6) is 0 Å². The number of halogens is 1. The van der Waals surface area contributed by atoms with Crippen LogP contribution in [0.25, 0.3) is 0 Å². The third-order valence-corrected chi connectivity index (χ3v) is 4.36. The van der Waals surface area contributed by atoms with Crippen LogP contribution in [-0.4, -0.2) is 122 Å². The van der Waals surface area contributed by atoms with E-state index >= 15 is 0 Å². The van der Waals surface area contributed by atoms with Crippen LogP contribution in [0.15, 0.2) is 118 Å². The summed E-state index contributed by atoms with van der Waals surface area (Å²) < 4.78 is 0. The Bertz CT molecular complexity index is 1070. The minimum atomic E-state index is 0. The first-order valence-corrected chi connectivity index (χ1v) is 15.1. The molecule has 4 aromatic heterocycles. The maximum absolute atomic E-state index is 9.43. The van der Waals surface area contributed by atoms with Gasteiger partial charge in [-0.1, -0.05) is 68.6 Å². The molecule has 0 fully saturated rings. The summed E-state index contributed by atoms with van der Waals surface area (Å²) in [7, 11) is 13.5. The molecule has 0 aliphatic carbocycles. The Morgan fingerprint density at radius 3 is 0.588 bits per heavy atom. The Morgan fingerprint density at radius 2 is 0.549 bits per heavy atom. The van der Waals surface area contributed by atoms with Crippen molar-refractivity contribution in [2.24, 2.45) is 0 Å². The van der Waals surface area contributed by atoms with Gasteiger partial charge < -0.3 is 82.5 Å². The normalized spacial score (nSPS) is 7.37. The molecule has 4 heterocycles. The molecule has 283 valence electrons. The quantitative estimate of drug-likeness (QED) is 0.198. The molecule has 0 aliphatic rings. The average Bonchev–Trinajstić information content (AvgIpc) is 3.08. The van der Waals surface area contributed by atoms with E-state index in [1.165, 1.54) is 19.6 Å². The first-order valence-electron chi connectivity index (χ1n) is 13.5. The fourth-order valence-corrected chi connectivity index (χ4v) is 1.95. The monoisotopic (exact) mass is 1010 g/mol. The largest absolute Gasteiger partial charge is 3.00 e. The molecule has 12 nitrogen and oxygen atoms in total. The standard InChI is InChI=1S/4C5H5NS.4C3H7NO.ClH.Cr.Pt/c4*7-5-3-1-2-4-6-5;4*1-4(2)3-5;;;/h4*1-4H,(H,6,7);4*3H,1-2H3;1H;;/q;;;;;;;;;+3;+2/p-5. The number of hydrogen-bond donors (Lipinski definition) is 0. The zero-order chi connectivity index (χ0) is 37.6. The van der Waals surface area contributed by atoms with E-state index in [0.29, 0.717) is 20.1 Å². The van der Waals surface area contributed by atoms with Crippen molar-refractivity contribution in [3.63, 3.8) is 0 Å². The van der Waals surface area contributed by atoms with Crippen molar-refractivity contribution in [2.45, 2.75) is 20.1 Å². The number of carbonyl (C=O) groups excluding carboxylic acids is 4. The van der Waals surface area contributed by atoms with Crippen LogP contribution in [0.4, 0.5) is 0 Å². The second-order valence-electron chi connectivity index (χ2n) is 8.95. The molecule has 0 bridgehead atoms. The maximum atomic E-state index is 9.43. The molecule has 0 aliphatic heterocycles. The Hall–Kier alpha value is -3.13. The van der Waals surface area contributed by atoms with Gasteiger partial charge in [0.2, 0.25) is 25.6 Å². The fraction of sp³-hybridized carbons (Fsp3) is 0.250. The molecule has 0 N–H and O–H groups in total. The van der Waals surface area contributed by atoms with Crippen LogP contribution in [0.3, 0.4) is 0 Å². The van der Waals surface area contributed by atoms with Gasteiger partial charge in [-0.2, -0.15) is 0 Å². The van der Waals surface area contributed by atoms with E-state index in [9.17, 15) is 19.2 Å².